The summed E-state index contributed by atoms with van der Waals surface area (Å²) in [5, 5.41) is 11.3. The molecule has 2 aliphatic rings. The van der Waals surface area contributed by atoms with E-state index in [1.54, 1.807) is 30.3 Å². The number of carbonyl (C=O) groups excluding carboxylic acids is 1. The van der Waals surface area contributed by atoms with E-state index in [4.69, 9.17) is 37.9 Å². The zero-order chi connectivity index (χ0) is 35.3. The van der Waals surface area contributed by atoms with E-state index in [0.717, 1.165) is 16.7 Å². The molecule has 0 radical (unpaired) electrons. The van der Waals surface area contributed by atoms with Gasteiger partial charge < -0.3 is 43.0 Å². The average Bonchev–Trinajstić information content (AvgIpc) is 3.67. The molecule has 0 unspecified atom stereocenters. The van der Waals surface area contributed by atoms with Gasteiger partial charge in [0.1, 0.15) is 43.2 Å². The smallest absolute Gasteiger partial charge is 0.338 e. The molecule has 2 heterocycles. The largest absolute Gasteiger partial charge is 0.459 e. The van der Waals surface area contributed by atoms with Gasteiger partial charge in [-0.3, -0.25) is 0 Å². The van der Waals surface area contributed by atoms with Crippen molar-refractivity contribution in [1.29, 1.82) is 0 Å². The number of aliphatic hydroxyl groups is 1. The van der Waals surface area contributed by atoms with E-state index < -0.39 is 55.2 Å². The predicted octanol–water partition coefficient (Wildman–Crippen LogP) is 5.63. The Bertz CT molecular complexity index is 1610. The maximum atomic E-state index is 12.8. The normalized spacial score (nSPS) is 25.8. The molecule has 4 aromatic carbocycles. The third-order valence-corrected chi connectivity index (χ3v) is 8.61. The zero-order valence-electron chi connectivity index (χ0n) is 28.3. The molecule has 2 saturated heterocycles. The molecule has 0 bridgehead atoms. The highest BCUT2D eigenvalue weighted by molar-refractivity contribution is 5.89. The van der Waals surface area contributed by atoms with E-state index in [-0.39, 0.29) is 26.4 Å². The molecule has 51 heavy (non-hydrogen) atoms. The fourth-order valence-corrected chi connectivity index (χ4v) is 6.04. The Morgan fingerprint density at radius 2 is 1.10 bits per heavy atom. The van der Waals surface area contributed by atoms with Crippen LogP contribution in [0.3, 0.4) is 0 Å². The first-order chi connectivity index (χ1) is 25.1. The SMILES string of the molecule is C=CCOC[C@H]1O[C@@H](O[C@H]2[C@H](OCc3ccccc3)[C@@H](COC(=O)c3ccccc3)O[C@@H]2O)[C@@H](OCc2ccccc2)[C@@H]1OCc1ccccc1. The number of ether oxygens (including phenoxy) is 8. The van der Waals surface area contributed by atoms with Crippen molar-refractivity contribution < 1.29 is 47.8 Å². The Balaban J connectivity index is 1.23. The Morgan fingerprint density at radius 3 is 1.63 bits per heavy atom. The lowest BCUT2D eigenvalue weighted by atomic mass is 10.1. The van der Waals surface area contributed by atoms with E-state index >= 15 is 0 Å². The quantitative estimate of drug-likeness (QED) is 0.0799. The van der Waals surface area contributed by atoms with Gasteiger partial charge in [-0.2, -0.15) is 0 Å². The number of hydrogen-bond acceptors (Lipinski definition) is 10. The summed E-state index contributed by atoms with van der Waals surface area (Å²) in [4.78, 5) is 12.8. The third-order valence-electron chi connectivity index (χ3n) is 8.61. The molecular formula is C41H44O10. The molecule has 2 aliphatic heterocycles. The lowest BCUT2D eigenvalue weighted by Crippen LogP contribution is -2.45. The van der Waals surface area contributed by atoms with Crippen molar-refractivity contribution in [2.24, 2.45) is 0 Å². The molecule has 10 nitrogen and oxygen atoms in total. The highest BCUT2D eigenvalue weighted by Gasteiger charge is 2.53. The maximum absolute atomic E-state index is 12.8. The first kappa shape index (κ1) is 36.6. The van der Waals surface area contributed by atoms with Crippen molar-refractivity contribution in [3.63, 3.8) is 0 Å². The van der Waals surface area contributed by atoms with Crippen LogP contribution in [0.5, 0.6) is 0 Å². The molecule has 0 amide bonds. The van der Waals surface area contributed by atoms with E-state index in [0.29, 0.717) is 18.8 Å². The molecule has 4 aromatic rings. The van der Waals surface area contributed by atoms with Gasteiger partial charge in [-0.1, -0.05) is 115 Å². The Labute approximate surface area is 298 Å². The summed E-state index contributed by atoms with van der Waals surface area (Å²) < 4.78 is 49.9. The van der Waals surface area contributed by atoms with Gasteiger partial charge in [0.05, 0.1) is 38.6 Å². The number of benzene rings is 4. The lowest BCUT2D eigenvalue weighted by Gasteiger charge is -2.29. The molecule has 6 rings (SSSR count). The number of aliphatic hydroxyl groups excluding tert-OH is 1. The van der Waals surface area contributed by atoms with Crippen LogP contribution in [0.2, 0.25) is 0 Å². The summed E-state index contributed by atoms with van der Waals surface area (Å²) in [5.41, 5.74) is 3.25. The van der Waals surface area contributed by atoms with Crippen LogP contribution in [0.4, 0.5) is 0 Å². The highest BCUT2D eigenvalue weighted by Crippen LogP contribution is 2.35. The van der Waals surface area contributed by atoms with E-state index in [9.17, 15) is 9.90 Å². The van der Waals surface area contributed by atoms with Crippen LogP contribution in [-0.2, 0) is 57.7 Å². The van der Waals surface area contributed by atoms with Crippen molar-refractivity contribution >= 4 is 5.97 Å². The number of esters is 1. The maximum Gasteiger partial charge on any atom is 0.338 e. The molecule has 0 aromatic heterocycles. The molecule has 8 atom stereocenters. The molecule has 10 heteroatoms. The Hall–Kier alpha value is -4.23. The van der Waals surface area contributed by atoms with Crippen LogP contribution in [0.25, 0.3) is 0 Å². The fraction of sp³-hybridized carbons (Fsp3) is 0.341. The summed E-state index contributed by atoms with van der Waals surface area (Å²) >= 11 is 0. The summed E-state index contributed by atoms with van der Waals surface area (Å²) in [6, 6.07) is 37.9. The first-order valence-electron chi connectivity index (χ1n) is 17.1. The second-order valence-corrected chi connectivity index (χ2v) is 12.3. The summed E-state index contributed by atoms with van der Waals surface area (Å²) in [6.07, 6.45) is -5.41. The lowest BCUT2D eigenvalue weighted by molar-refractivity contribution is -0.246. The number of rotatable bonds is 18. The molecule has 0 aliphatic carbocycles. The minimum absolute atomic E-state index is 0.176. The molecule has 1 N–H and O–H groups in total. The van der Waals surface area contributed by atoms with Gasteiger partial charge >= 0.3 is 5.97 Å². The summed E-state index contributed by atoms with van der Waals surface area (Å²) in [5.74, 6) is -0.519. The fourth-order valence-electron chi connectivity index (χ4n) is 6.04. The minimum Gasteiger partial charge on any atom is -0.459 e. The van der Waals surface area contributed by atoms with Gasteiger partial charge in [-0.15, -0.1) is 6.58 Å². The van der Waals surface area contributed by atoms with Crippen molar-refractivity contribution in [3.05, 3.63) is 156 Å². The highest BCUT2D eigenvalue weighted by atomic mass is 16.8. The Morgan fingerprint density at radius 1 is 0.627 bits per heavy atom. The predicted molar refractivity (Wildman–Crippen MR) is 187 cm³/mol. The monoisotopic (exact) mass is 696 g/mol. The van der Waals surface area contributed by atoms with E-state index in [2.05, 4.69) is 6.58 Å². The van der Waals surface area contributed by atoms with Crippen LogP contribution in [0.15, 0.2) is 134 Å². The number of carbonyl (C=O) groups is 1. The van der Waals surface area contributed by atoms with Gasteiger partial charge in [-0.05, 0) is 28.8 Å². The summed E-state index contributed by atoms with van der Waals surface area (Å²) in [6.45, 7) is 4.85. The van der Waals surface area contributed by atoms with Gasteiger partial charge in [-0.25, -0.2) is 4.79 Å². The molecule has 2 fully saturated rings. The summed E-state index contributed by atoms with van der Waals surface area (Å²) in [7, 11) is 0. The zero-order valence-corrected chi connectivity index (χ0v) is 28.3. The van der Waals surface area contributed by atoms with Crippen LogP contribution in [0, 0.1) is 0 Å². The molecular weight excluding hydrogens is 652 g/mol. The third kappa shape index (κ3) is 10.2. The van der Waals surface area contributed by atoms with Crippen LogP contribution >= 0.6 is 0 Å². The second kappa shape index (κ2) is 18.8. The van der Waals surface area contributed by atoms with Crippen molar-refractivity contribution in [2.75, 3.05) is 19.8 Å². The van der Waals surface area contributed by atoms with Gasteiger partial charge in [0.2, 0.25) is 0 Å². The van der Waals surface area contributed by atoms with E-state index in [1.807, 2.05) is 97.1 Å². The molecule has 268 valence electrons. The standard InChI is InChI=1S/C41H44O10/c1-2-23-44-27-33-36(46-25-30-17-9-4-10-18-30)38(47-26-31-19-11-5-12-20-31)41(50-33)51-37-35(45-24-29-15-7-3-8-16-29)34(49-40(37)43)28-48-39(42)32-21-13-6-14-22-32/h2-22,33-38,40-41,43H,1,23-28H2/t33-,34-,35-,36-,37+,38+,40+,41+/m1/s1. The average molecular weight is 697 g/mol. The van der Waals surface area contributed by atoms with Crippen molar-refractivity contribution in [1.82, 2.24) is 0 Å². The van der Waals surface area contributed by atoms with Crippen LogP contribution < -0.4 is 0 Å². The van der Waals surface area contributed by atoms with Gasteiger partial charge in [0, 0.05) is 0 Å². The van der Waals surface area contributed by atoms with E-state index in [1.165, 1.54) is 0 Å². The first-order valence-corrected chi connectivity index (χ1v) is 17.1. The molecule has 0 spiro atoms. The van der Waals surface area contributed by atoms with Crippen molar-refractivity contribution in [2.45, 2.75) is 69.0 Å². The van der Waals surface area contributed by atoms with Crippen LogP contribution in [-0.4, -0.2) is 80.1 Å². The number of hydrogen-bond donors (Lipinski definition) is 1. The second-order valence-electron chi connectivity index (χ2n) is 12.3. The Kier molecular flexibility index (Phi) is 13.5. The van der Waals surface area contributed by atoms with Gasteiger partial charge in [0.25, 0.3) is 0 Å². The molecule has 0 saturated carbocycles. The topological polar surface area (TPSA) is 111 Å². The minimum atomic E-state index is -1.43. The van der Waals surface area contributed by atoms with Crippen LogP contribution in [0.1, 0.15) is 27.0 Å². The van der Waals surface area contributed by atoms with Gasteiger partial charge in [0.15, 0.2) is 12.6 Å². The van der Waals surface area contributed by atoms with Crippen molar-refractivity contribution in [3.8, 4) is 0 Å².